The van der Waals surface area contributed by atoms with Crippen molar-refractivity contribution in [1.29, 1.82) is 0 Å². The van der Waals surface area contributed by atoms with Crippen LogP contribution in [0.15, 0.2) is 59.5 Å². The van der Waals surface area contributed by atoms with Gasteiger partial charge in [0.15, 0.2) is 6.10 Å². The van der Waals surface area contributed by atoms with Gasteiger partial charge in [-0.1, -0.05) is 35.9 Å². The first-order valence-corrected chi connectivity index (χ1v) is 11.7. The summed E-state index contributed by atoms with van der Waals surface area (Å²) < 4.78 is 47.4. The van der Waals surface area contributed by atoms with E-state index in [1.165, 1.54) is 12.1 Å². The standard InChI is InChI=1S/C23H26O8S/c1-3-28-21(24)14-13-19-22(31-32(26,27)18-11-9-16(2)10-12-18)20(15-29-19)30-23(25)17-7-5-4-6-8-17/h4-12,19-20,22H,3,13-15H2,1-2H3/t19-,20+,22+/m0/s1. The maximum atomic E-state index is 12.9. The SMILES string of the molecule is CCOC(=O)CC[C@@H]1OC[C@@H](OC(=O)c2ccccc2)[C@@H]1OS(=O)(=O)c1ccc(C)cc1. The highest BCUT2D eigenvalue weighted by molar-refractivity contribution is 7.86. The van der Waals surface area contributed by atoms with Gasteiger partial charge in [0, 0.05) is 6.42 Å². The predicted octanol–water partition coefficient (Wildman–Crippen LogP) is 3.04. The van der Waals surface area contributed by atoms with Crippen LogP contribution in [-0.2, 0) is 33.3 Å². The van der Waals surface area contributed by atoms with Gasteiger partial charge in [0.05, 0.1) is 29.8 Å². The minimum atomic E-state index is -4.16. The van der Waals surface area contributed by atoms with E-state index in [0.29, 0.717) is 5.56 Å². The molecule has 0 radical (unpaired) electrons. The number of carbonyl (C=O) groups excluding carboxylic acids is 2. The van der Waals surface area contributed by atoms with E-state index in [1.54, 1.807) is 49.4 Å². The lowest BCUT2D eigenvalue weighted by molar-refractivity contribution is -0.144. The monoisotopic (exact) mass is 462 g/mol. The Morgan fingerprint density at radius 2 is 1.75 bits per heavy atom. The van der Waals surface area contributed by atoms with Crippen LogP contribution in [0, 0.1) is 6.92 Å². The van der Waals surface area contributed by atoms with Gasteiger partial charge in [-0.3, -0.25) is 8.98 Å². The number of rotatable bonds is 9. The Kier molecular flexibility index (Phi) is 8.00. The van der Waals surface area contributed by atoms with Crippen molar-refractivity contribution in [2.75, 3.05) is 13.2 Å². The van der Waals surface area contributed by atoms with Crippen molar-refractivity contribution in [2.45, 2.75) is 49.9 Å². The molecule has 8 nitrogen and oxygen atoms in total. The highest BCUT2D eigenvalue weighted by atomic mass is 32.2. The minimum absolute atomic E-state index is 0.0162. The van der Waals surface area contributed by atoms with Crippen LogP contribution in [0.4, 0.5) is 0 Å². The van der Waals surface area contributed by atoms with Gasteiger partial charge in [0.1, 0.15) is 6.10 Å². The molecule has 2 aromatic carbocycles. The molecule has 172 valence electrons. The van der Waals surface area contributed by atoms with Crippen LogP contribution in [0.25, 0.3) is 0 Å². The van der Waals surface area contributed by atoms with E-state index in [2.05, 4.69) is 0 Å². The Labute approximate surface area is 187 Å². The van der Waals surface area contributed by atoms with Crippen molar-refractivity contribution in [3.63, 3.8) is 0 Å². The third kappa shape index (κ3) is 6.15. The average Bonchev–Trinajstić information content (AvgIpc) is 3.14. The van der Waals surface area contributed by atoms with Gasteiger partial charge in [-0.05, 0) is 44.5 Å². The molecule has 9 heteroatoms. The summed E-state index contributed by atoms with van der Waals surface area (Å²) in [6.45, 7) is 3.72. The Balaban J connectivity index is 1.78. The van der Waals surface area contributed by atoms with E-state index >= 15 is 0 Å². The lowest BCUT2D eigenvalue weighted by Gasteiger charge is -2.23. The molecule has 1 heterocycles. The topological polar surface area (TPSA) is 105 Å². The van der Waals surface area contributed by atoms with E-state index in [9.17, 15) is 18.0 Å². The number of hydrogen-bond acceptors (Lipinski definition) is 8. The second kappa shape index (κ2) is 10.7. The first kappa shape index (κ1) is 23.9. The van der Waals surface area contributed by atoms with E-state index in [1.807, 2.05) is 6.92 Å². The summed E-state index contributed by atoms with van der Waals surface area (Å²) in [4.78, 5) is 24.3. The Bertz CT molecular complexity index is 1020. The summed E-state index contributed by atoms with van der Waals surface area (Å²) in [6.07, 6.45) is -2.67. The molecule has 0 N–H and O–H groups in total. The summed E-state index contributed by atoms with van der Waals surface area (Å²) in [5, 5.41) is 0. The summed E-state index contributed by atoms with van der Waals surface area (Å²) >= 11 is 0. The van der Waals surface area contributed by atoms with Gasteiger partial charge in [-0.25, -0.2) is 4.79 Å². The molecule has 1 fully saturated rings. The molecular formula is C23H26O8S. The molecule has 1 aliphatic rings. The number of benzene rings is 2. The molecule has 0 aromatic heterocycles. The van der Waals surface area contributed by atoms with E-state index in [-0.39, 0.29) is 31.0 Å². The second-order valence-electron chi connectivity index (χ2n) is 7.35. The molecule has 1 aliphatic heterocycles. The molecule has 0 bridgehead atoms. The lowest BCUT2D eigenvalue weighted by Crippen LogP contribution is -2.38. The van der Waals surface area contributed by atoms with Gasteiger partial charge in [-0.15, -0.1) is 0 Å². The average molecular weight is 463 g/mol. The van der Waals surface area contributed by atoms with Crippen LogP contribution in [0.3, 0.4) is 0 Å². The van der Waals surface area contributed by atoms with Crippen molar-refractivity contribution >= 4 is 22.1 Å². The third-order valence-corrected chi connectivity index (χ3v) is 6.29. The quantitative estimate of drug-likeness (QED) is 0.414. The zero-order valence-electron chi connectivity index (χ0n) is 17.9. The molecule has 0 amide bonds. The molecular weight excluding hydrogens is 436 g/mol. The number of carbonyl (C=O) groups is 2. The van der Waals surface area contributed by atoms with Crippen LogP contribution in [0.5, 0.6) is 0 Å². The molecule has 0 unspecified atom stereocenters. The normalized spacial score (nSPS) is 20.6. The van der Waals surface area contributed by atoms with Crippen molar-refractivity contribution < 1.29 is 36.4 Å². The fraction of sp³-hybridized carbons (Fsp3) is 0.391. The number of hydrogen-bond donors (Lipinski definition) is 0. The maximum absolute atomic E-state index is 12.9. The fourth-order valence-electron chi connectivity index (χ4n) is 3.30. The summed E-state index contributed by atoms with van der Waals surface area (Å²) in [7, 11) is -4.16. The summed E-state index contributed by atoms with van der Waals surface area (Å²) in [5.74, 6) is -1.05. The third-order valence-electron chi connectivity index (χ3n) is 4.96. The zero-order valence-corrected chi connectivity index (χ0v) is 18.7. The summed E-state index contributed by atoms with van der Waals surface area (Å²) in [5.41, 5.74) is 1.22. The molecule has 0 saturated carbocycles. The first-order valence-electron chi connectivity index (χ1n) is 10.3. The molecule has 0 aliphatic carbocycles. The zero-order chi connectivity index (χ0) is 23.1. The van der Waals surface area contributed by atoms with Crippen molar-refractivity contribution in [3.05, 3.63) is 65.7 Å². The maximum Gasteiger partial charge on any atom is 0.338 e. The number of esters is 2. The van der Waals surface area contributed by atoms with Crippen molar-refractivity contribution in [1.82, 2.24) is 0 Å². The fourth-order valence-corrected chi connectivity index (χ4v) is 4.42. The Morgan fingerprint density at radius 3 is 2.41 bits per heavy atom. The van der Waals surface area contributed by atoms with E-state index in [4.69, 9.17) is 18.4 Å². The molecule has 3 atom stereocenters. The lowest BCUT2D eigenvalue weighted by atomic mass is 10.1. The van der Waals surface area contributed by atoms with E-state index in [0.717, 1.165) is 5.56 Å². The molecule has 32 heavy (non-hydrogen) atoms. The minimum Gasteiger partial charge on any atom is -0.466 e. The summed E-state index contributed by atoms with van der Waals surface area (Å²) in [6, 6.07) is 14.5. The molecule has 1 saturated heterocycles. The molecule has 0 spiro atoms. The molecule has 2 aromatic rings. The van der Waals surface area contributed by atoms with Crippen LogP contribution in [0.2, 0.25) is 0 Å². The second-order valence-corrected chi connectivity index (χ2v) is 8.93. The van der Waals surface area contributed by atoms with Crippen LogP contribution in [-0.4, -0.2) is 51.9 Å². The largest absolute Gasteiger partial charge is 0.466 e. The predicted molar refractivity (Wildman–Crippen MR) is 114 cm³/mol. The van der Waals surface area contributed by atoms with Crippen LogP contribution >= 0.6 is 0 Å². The van der Waals surface area contributed by atoms with Gasteiger partial charge in [-0.2, -0.15) is 8.42 Å². The van der Waals surface area contributed by atoms with Gasteiger partial charge in [0.25, 0.3) is 10.1 Å². The van der Waals surface area contributed by atoms with Gasteiger partial charge < -0.3 is 14.2 Å². The van der Waals surface area contributed by atoms with Gasteiger partial charge in [0.2, 0.25) is 0 Å². The number of aryl methyl sites for hydroxylation is 1. The highest BCUT2D eigenvalue weighted by Gasteiger charge is 2.44. The van der Waals surface area contributed by atoms with Crippen molar-refractivity contribution in [3.8, 4) is 0 Å². The smallest absolute Gasteiger partial charge is 0.338 e. The van der Waals surface area contributed by atoms with Gasteiger partial charge >= 0.3 is 11.9 Å². The first-order chi connectivity index (χ1) is 15.3. The van der Waals surface area contributed by atoms with Crippen LogP contribution < -0.4 is 0 Å². The van der Waals surface area contributed by atoms with Crippen LogP contribution in [0.1, 0.15) is 35.7 Å². The Hall–Kier alpha value is -2.75. The molecule has 3 rings (SSSR count). The van der Waals surface area contributed by atoms with E-state index < -0.39 is 40.4 Å². The number of ether oxygens (including phenoxy) is 3. The van der Waals surface area contributed by atoms with Crippen molar-refractivity contribution in [2.24, 2.45) is 0 Å². The highest BCUT2D eigenvalue weighted by Crippen LogP contribution is 2.29. The Morgan fingerprint density at radius 1 is 1.06 bits per heavy atom.